The summed E-state index contributed by atoms with van der Waals surface area (Å²) in [7, 11) is 0. The monoisotopic (exact) mass is 341 g/mol. The van der Waals surface area contributed by atoms with Gasteiger partial charge in [0.05, 0.1) is 11.6 Å². The third-order valence-corrected chi connectivity index (χ3v) is 3.95. The Kier molecular flexibility index (Phi) is 3.15. The molecule has 0 aliphatic carbocycles. The summed E-state index contributed by atoms with van der Waals surface area (Å²) in [6.07, 6.45) is 0.626. The van der Waals surface area contributed by atoms with Gasteiger partial charge in [-0.15, -0.1) is 0 Å². The molecule has 1 heterocycles. The van der Waals surface area contributed by atoms with Gasteiger partial charge < -0.3 is 10.4 Å². The lowest BCUT2D eigenvalue weighted by Gasteiger charge is -2.14. The van der Waals surface area contributed by atoms with Gasteiger partial charge in [0, 0.05) is 15.2 Å². The number of fused-ring (bicyclic) bond motifs is 1. The van der Waals surface area contributed by atoms with Crippen LogP contribution in [0.5, 0.6) is 5.75 Å². The number of halogens is 3. The number of hydrogen-bond donors (Lipinski definition) is 2. The Morgan fingerprint density at radius 2 is 2.11 bits per heavy atom. The van der Waals surface area contributed by atoms with Gasteiger partial charge in [-0.05, 0) is 42.3 Å². The number of phenolic OH excluding ortho intramolecular Hbond substituents is 1. The van der Waals surface area contributed by atoms with Crippen molar-refractivity contribution in [2.75, 3.05) is 5.32 Å². The first kappa shape index (κ1) is 12.8. The van der Waals surface area contributed by atoms with Gasteiger partial charge in [0.2, 0.25) is 0 Å². The standard InChI is InChI=1S/C14H10BrClFNO/c15-8-1-2-11-7(3-8)4-12(18-11)14-10(17)5-9(16)6-13(14)19/h1-3,5-6,12,18-19H,4H2/t12-/m0/s1. The lowest BCUT2D eigenvalue weighted by Crippen LogP contribution is -2.08. The van der Waals surface area contributed by atoms with Gasteiger partial charge in [-0.25, -0.2) is 4.39 Å². The minimum atomic E-state index is -0.491. The minimum absolute atomic E-state index is 0.116. The van der Waals surface area contributed by atoms with Crippen LogP contribution in [0.15, 0.2) is 34.8 Å². The van der Waals surface area contributed by atoms with E-state index in [-0.39, 0.29) is 22.4 Å². The van der Waals surface area contributed by atoms with Crippen molar-refractivity contribution in [2.24, 2.45) is 0 Å². The van der Waals surface area contributed by atoms with E-state index in [1.54, 1.807) is 0 Å². The van der Waals surface area contributed by atoms with Crippen molar-refractivity contribution in [3.05, 3.63) is 56.8 Å². The maximum Gasteiger partial charge on any atom is 0.133 e. The van der Waals surface area contributed by atoms with Crippen LogP contribution in [0.4, 0.5) is 10.1 Å². The highest BCUT2D eigenvalue weighted by Gasteiger charge is 2.27. The van der Waals surface area contributed by atoms with Crippen molar-refractivity contribution in [3.8, 4) is 5.75 Å². The number of phenols is 1. The van der Waals surface area contributed by atoms with Gasteiger partial charge in [-0.3, -0.25) is 0 Å². The first-order valence-electron chi connectivity index (χ1n) is 5.77. The fourth-order valence-corrected chi connectivity index (χ4v) is 3.03. The molecule has 2 aromatic carbocycles. The van der Waals surface area contributed by atoms with E-state index >= 15 is 0 Å². The van der Waals surface area contributed by atoms with Gasteiger partial charge in [-0.1, -0.05) is 27.5 Å². The van der Waals surface area contributed by atoms with E-state index in [1.807, 2.05) is 18.2 Å². The molecular weight excluding hydrogens is 333 g/mol. The van der Waals surface area contributed by atoms with Crippen molar-refractivity contribution < 1.29 is 9.50 Å². The molecule has 0 saturated heterocycles. The summed E-state index contributed by atoms with van der Waals surface area (Å²) in [6.45, 7) is 0. The van der Waals surface area contributed by atoms with E-state index in [4.69, 9.17) is 11.6 Å². The molecule has 0 saturated carbocycles. The summed E-state index contributed by atoms with van der Waals surface area (Å²) in [5, 5.41) is 13.3. The third-order valence-electron chi connectivity index (χ3n) is 3.24. The zero-order chi connectivity index (χ0) is 13.6. The van der Waals surface area contributed by atoms with Crippen molar-refractivity contribution >= 4 is 33.2 Å². The number of benzene rings is 2. The van der Waals surface area contributed by atoms with Crippen molar-refractivity contribution in [1.82, 2.24) is 0 Å². The van der Waals surface area contributed by atoms with E-state index < -0.39 is 5.82 Å². The average molecular weight is 343 g/mol. The molecule has 0 bridgehead atoms. The topological polar surface area (TPSA) is 32.3 Å². The largest absolute Gasteiger partial charge is 0.507 e. The highest BCUT2D eigenvalue weighted by molar-refractivity contribution is 9.10. The Bertz CT molecular complexity index is 639. The maximum atomic E-state index is 14.0. The summed E-state index contributed by atoms with van der Waals surface area (Å²) in [6, 6.07) is 8.16. The van der Waals surface area contributed by atoms with Crippen LogP contribution in [0.1, 0.15) is 17.2 Å². The highest BCUT2D eigenvalue weighted by atomic mass is 79.9. The maximum absolute atomic E-state index is 14.0. The molecule has 0 spiro atoms. The lowest BCUT2D eigenvalue weighted by molar-refractivity contribution is 0.453. The molecule has 1 atom stereocenters. The first-order valence-corrected chi connectivity index (χ1v) is 6.94. The van der Waals surface area contributed by atoms with Crippen LogP contribution < -0.4 is 5.32 Å². The Morgan fingerprint density at radius 1 is 1.32 bits per heavy atom. The summed E-state index contributed by atoms with van der Waals surface area (Å²) < 4.78 is 15.0. The summed E-state index contributed by atoms with van der Waals surface area (Å²) in [5.74, 6) is -0.608. The molecule has 98 valence electrons. The van der Waals surface area contributed by atoms with Crippen LogP contribution in [-0.2, 0) is 6.42 Å². The van der Waals surface area contributed by atoms with Crippen molar-refractivity contribution in [2.45, 2.75) is 12.5 Å². The minimum Gasteiger partial charge on any atom is -0.507 e. The SMILES string of the molecule is Oc1cc(Cl)cc(F)c1[C@@H]1Cc2cc(Br)ccc2N1. The number of aromatic hydroxyl groups is 1. The highest BCUT2D eigenvalue weighted by Crippen LogP contribution is 2.40. The zero-order valence-corrected chi connectivity index (χ0v) is 12.1. The Balaban J connectivity index is 1.99. The molecule has 1 aliphatic heterocycles. The van der Waals surface area contributed by atoms with Crippen LogP contribution in [0.25, 0.3) is 0 Å². The van der Waals surface area contributed by atoms with Crippen LogP contribution >= 0.6 is 27.5 Å². The van der Waals surface area contributed by atoms with Crippen molar-refractivity contribution in [1.29, 1.82) is 0 Å². The van der Waals surface area contributed by atoms with Gasteiger partial charge in [-0.2, -0.15) is 0 Å². The fourth-order valence-electron chi connectivity index (χ4n) is 2.42. The van der Waals surface area contributed by atoms with E-state index in [2.05, 4.69) is 21.2 Å². The normalized spacial score (nSPS) is 17.1. The summed E-state index contributed by atoms with van der Waals surface area (Å²) in [5.41, 5.74) is 2.31. The van der Waals surface area contributed by atoms with Crippen molar-refractivity contribution in [3.63, 3.8) is 0 Å². The molecular formula is C14H10BrClFNO. The number of hydrogen-bond acceptors (Lipinski definition) is 2. The summed E-state index contributed by atoms with van der Waals surface area (Å²) >= 11 is 9.12. The average Bonchev–Trinajstić information content (AvgIpc) is 2.69. The Labute approximate surface area is 123 Å². The predicted molar refractivity (Wildman–Crippen MR) is 77.3 cm³/mol. The second-order valence-corrected chi connectivity index (χ2v) is 5.88. The van der Waals surface area contributed by atoms with Crippen LogP contribution in [0, 0.1) is 5.82 Å². The quantitative estimate of drug-likeness (QED) is 0.790. The molecule has 0 fully saturated rings. The fraction of sp³-hybridized carbons (Fsp3) is 0.143. The molecule has 2 N–H and O–H groups in total. The first-order chi connectivity index (χ1) is 9.04. The van der Waals surface area contributed by atoms with Crippen LogP contribution in [-0.4, -0.2) is 5.11 Å². The molecule has 19 heavy (non-hydrogen) atoms. The second kappa shape index (κ2) is 4.69. The Morgan fingerprint density at radius 3 is 2.84 bits per heavy atom. The summed E-state index contributed by atoms with van der Waals surface area (Å²) in [4.78, 5) is 0. The number of anilines is 1. The molecule has 0 unspecified atom stereocenters. The van der Waals surface area contributed by atoms with Gasteiger partial charge in [0.15, 0.2) is 0 Å². The van der Waals surface area contributed by atoms with Gasteiger partial charge in [0.25, 0.3) is 0 Å². The molecule has 2 aromatic rings. The van der Waals surface area contributed by atoms with Gasteiger partial charge in [0.1, 0.15) is 11.6 Å². The van der Waals surface area contributed by atoms with E-state index in [1.165, 1.54) is 12.1 Å². The molecule has 0 radical (unpaired) electrons. The Hall–Kier alpha value is -1.26. The molecule has 0 amide bonds. The van der Waals surface area contributed by atoms with E-state index in [0.717, 1.165) is 15.7 Å². The van der Waals surface area contributed by atoms with E-state index in [0.29, 0.717) is 6.42 Å². The second-order valence-electron chi connectivity index (χ2n) is 4.52. The third kappa shape index (κ3) is 2.30. The molecule has 0 aromatic heterocycles. The van der Waals surface area contributed by atoms with Crippen LogP contribution in [0.3, 0.4) is 0 Å². The smallest absolute Gasteiger partial charge is 0.133 e. The molecule has 2 nitrogen and oxygen atoms in total. The van der Waals surface area contributed by atoms with E-state index in [9.17, 15) is 9.50 Å². The zero-order valence-electron chi connectivity index (χ0n) is 9.75. The molecule has 5 heteroatoms. The van der Waals surface area contributed by atoms with Gasteiger partial charge >= 0.3 is 0 Å². The lowest BCUT2D eigenvalue weighted by atomic mass is 10.0. The van der Waals surface area contributed by atoms with Crippen LogP contribution in [0.2, 0.25) is 5.02 Å². The predicted octanol–water partition coefficient (Wildman–Crippen LogP) is 4.66. The number of rotatable bonds is 1. The molecule has 1 aliphatic rings. The number of nitrogens with one attached hydrogen (secondary N) is 1. The molecule has 3 rings (SSSR count).